The summed E-state index contributed by atoms with van der Waals surface area (Å²) >= 11 is 1.32. The largest absolute Gasteiger partial charge is 0.543 e. The molecule has 1 aromatic heterocycles. The number of rotatable bonds is 6. The van der Waals surface area contributed by atoms with Crippen LogP contribution in [0.3, 0.4) is 0 Å². The smallest absolute Gasteiger partial charge is 0.400 e. The molecule has 0 aliphatic carbocycles. The van der Waals surface area contributed by atoms with Crippen molar-refractivity contribution in [3.8, 4) is 11.5 Å². The first-order valence-corrected chi connectivity index (χ1v) is 9.75. The van der Waals surface area contributed by atoms with E-state index in [-0.39, 0.29) is 0 Å². The van der Waals surface area contributed by atoms with Crippen LogP contribution in [-0.4, -0.2) is 4.98 Å². The van der Waals surface area contributed by atoms with Crippen molar-refractivity contribution in [2.24, 2.45) is 0 Å². The van der Waals surface area contributed by atoms with Crippen molar-refractivity contribution in [3.63, 3.8) is 0 Å². The summed E-state index contributed by atoms with van der Waals surface area (Å²) in [6, 6.07) is 14.6. The molecular formula is C17H17N2O3PS. The van der Waals surface area contributed by atoms with Gasteiger partial charge in [-0.15, -0.1) is 11.3 Å². The molecular weight excluding hydrogens is 343 g/mol. The van der Waals surface area contributed by atoms with Crippen molar-refractivity contribution >= 4 is 24.2 Å². The molecule has 7 heteroatoms. The molecule has 1 heterocycles. The van der Waals surface area contributed by atoms with Gasteiger partial charge in [0.15, 0.2) is 5.13 Å². The Hall–Kier alpha value is -2.30. The van der Waals surface area contributed by atoms with E-state index in [2.05, 4.69) is 10.1 Å². The van der Waals surface area contributed by atoms with Gasteiger partial charge in [-0.25, -0.2) is 14.6 Å². The normalized spacial score (nSPS) is 11.1. The molecule has 0 aliphatic heterocycles. The van der Waals surface area contributed by atoms with Crippen molar-refractivity contribution in [3.05, 3.63) is 71.2 Å². The standard InChI is InChI=1S/C17H17N2O3PS/c1-13-5-3-7-15(11-13)21-23(20,19-17-18-9-10-24-17)22-16-8-4-6-14(2)12-16/h3-12H,1-2H3,(H,18,19,20). The second-order valence-corrected chi connectivity index (χ2v) is 7.74. The first-order chi connectivity index (χ1) is 11.5. The zero-order chi connectivity index (χ0) is 17.0. The molecule has 3 aromatic rings. The minimum Gasteiger partial charge on any atom is -0.400 e. The highest BCUT2D eigenvalue weighted by Crippen LogP contribution is 2.48. The lowest BCUT2D eigenvalue weighted by molar-refractivity contribution is 0.392. The SMILES string of the molecule is Cc1cccc(OP(=O)(Nc2nccs2)Oc2cccc(C)c2)c1. The summed E-state index contributed by atoms with van der Waals surface area (Å²) in [6.07, 6.45) is 1.62. The number of thiazole rings is 1. The van der Waals surface area contributed by atoms with Crippen molar-refractivity contribution in [2.75, 3.05) is 5.09 Å². The Bertz CT molecular complexity index is 816. The maximum Gasteiger partial charge on any atom is 0.543 e. The predicted molar refractivity (Wildman–Crippen MR) is 97.0 cm³/mol. The zero-order valence-electron chi connectivity index (χ0n) is 13.3. The summed E-state index contributed by atoms with van der Waals surface area (Å²) in [6.45, 7) is 3.88. The van der Waals surface area contributed by atoms with Gasteiger partial charge < -0.3 is 9.05 Å². The second-order valence-electron chi connectivity index (χ2n) is 5.26. The maximum atomic E-state index is 13.3. The number of nitrogens with one attached hydrogen (secondary N) is 1. The van der Waals surface area contributed by atoms with E-state index in [4.69, 9.17) is 9.05 Å². The van der Waals surface area contributed by atoms with Crippen molar-refractivity contribution in [1.29, 1.82) is 0 Å². The third kappa shape index (κ3) is 4.37. The summed E-state index contributed by atoms with van der Waals surface area (Å²) in [5.41, 5.74) is 2.01. The molecule has 0 atom stereocenters. The van der Waals surface area contributed by atoms with Gasteiger partial charge in [0.05, 0.1) is 0 Å². The van der Waals surface area contributed by atoms with Crippen LogP contribution in [0.2, 0.25) is 0 Å². The van der Waals surface area contributed by atoms with Gasteiger partial charge in [0.2, 0.25) is 0 Å². The van der Waals surface area contributed by atoms with Crippen LogP contribution in [-0.2, 0) is 4.57 Å². The van der Waals surface area contributed by atoms with Crippen molar-refractivity contribution < 1.29 is 13.6 Å². The van der Waals surface area contributed by atoms with E-state index < -0.39 is 7.75 Å². The summed E-state index contributed by atoms with van der Waals surface area (Å²) in [5, 5.41) is 5.04. The fourth-order valence-corrected chi connectivity index (χ4v) is 4.20. The molecule has 0 spiro atoms. The summed E-state index contributed by atoms with van der Waals surface area (Å²) in [4.78, 5) is 4.09. The number of hydrogen-bond acceptors (Lipinski definition) is 5. The van der Waals surface area contributed by atoms with Gasteiger partial charge in [-0.1, -0.05) is 24.3 Å². The lowest BCUT2D eigenvalue weighted by Crippen LogP contribution is -2.09. The third-order valence-corrected chi connectivity index (χ3v) is 5.32. The monoisotopic (exact) mass is 360 g/mol. The van der Waals surface area contributed by atoms with Gasteiger partial charge >= 0.3 is 7.75 Å². The average molecular weight is 360 g/mol. The molecule has 0 saturated carbocycles. The van der Waals surface area contributed by atoms with E-state index in [0.717, 1.165) is 11.1 Å². The van der Waals surface area contributed by atoms with Gasteiger partial charge in [0, 0.05) is 11.6 Å². The molecule has 0 fully saturated rings. The van der Waals surface area contributed by atoms with Gasteiger partial charge in [-0.3, -0.25) is 0 Å². The molecule has 2 aromatic carbocycles. The Morgan fingerprint density at radius 3 is 2.04 bits per heavy atom. The van der Waals surface area contributed by atoms with Crippen LogP contribution < -0.4 is 14.1 Å². The molecule has 5 nitrogen and oxygen atoms in total. The number of nitrogens with zero attached hydrogens (tertiary/aromatic N) is 1. The fraction of sp³-hybridized carbons (Fsp3) is 0.118. The molecule has 0 saturated heterocycles. The number of aromatic nitrogens is 1. The molecule has 0 aliphatic rings. The number of anilines is 1. The molecule has 0 radical (unpaired) electrons. The minimum absolute atomic E-state index is 0.468. The Morgan fingerprint density at radius 2 is 1.58 bits per heavy atom. The summed E-state index contributed by atoms with van der Waals surface area (Å²) in [7, 11) is -3.69. The first-order valence-electron chi connectivity index (χ1n) is 7.33. The number of hydrogen-bond donors (Lipinski definition) is 1. The molecule has 124 valence electrons. The number of aryl methyl sites for hydroxylation is 2. The highest BCUT2D eigenvalue weighted by Gasteiger charge is 2.30. The lowest BCUT2D eigenvalue weighted by atomic mass is 10.2. The van der Waals surface area contributed by atoms with Gasteiger partial charge in [0.1, 0.15) is 11.5 Å². The van der Waals surface area contributed by atoms with E-state index in [1.54, 1.807) is 35.8 Å². The van der Waals surface area contributed by atoms with Gasteiger partial charge in [0.25, 0.3) is 0 Å². The van der Waals surface area contributed by atoms with Crippen LogP contribution in [0.5, 0.6) is 11.5 Å². The van der Waals surface area contributed by atoms with Crippen LogP contribution in [0.25, 0.3) is 0 Å². The quantitative estimate of drug-likeness (QED) is 0.593. The van der Waals surface area contributed by atoms with E-state index in [9.17, 15) is 4.57 Å². The Morgan fingerprint density at radius 1 is 1.00 bits per heavy atom. The second kappa shape index (κ2) is 7.07. The molecule has 0 bridgehead atoms. The zero-order valence-corrected chi connectivity index (χ0v) is 15.0. The average Bonchev–Trinajstić information content (AvgIpc) is 2.99. The highest BCUT2D eigenvalue weighted by molar-refractivity contribution is 7.56. The Balaban J connectivity index is 1.89. The Labute approximate surface area is 144 Å². The topological polar surface area (TPSA) is 60.5 Å². The maximum absolute atomic E-state index is 13.3. The molecule has 24 heavy (non-hydrogen) atoms. The van der Waals surface area contributed by atoms with Crippen LogP contribution in [0.15, 0.2) is 60.1 Å². The highest BCUT2D eigenvalue weighted by atomic mass is 32.1. The van der Waals surface area contributed by atoms with Crippen molar-refractivity contribution in [2.45, 2.75) is 13.8 Å². The van der Waals surface area contributed by atoms with Crippen LogP contribution in [0, 0.1) is 13.8 Å². The van der Waals surface area contributed by atoms with Gasteiger partial charge in [-0.05, 0) is 49.2 Å². The van der Waals surface area contributed by atoms with Crippen LogP contribution in [0.1, 0.15) is 11.1 Å². The molecule has 0 amide bonds. The van der Waals surface area contributed by atoms with Crippen molar-refractivity contribution in [1.82, 2.24) is 4.98 Å². The lowest BCUT2D eigenvalue weighted by Gasteiger charge is -2.20. The summed E-state index contributed by atoms with van der Waals surface area (Å²) < 4.78 is 24.6. The summed E-state index contributed by atoms with van der Waals surface area (Å²) in [5.74, 6) is 0.935. The Kier molecular flexibility index (Phi) is 4.88. The minimum atomic E-state index is -3.69. The predicted octanol–water partition coefficient (Wildman–Crippen LogP) is 5.44. The van der Waals surface area contributed by atoms with E-state index in [0.29, 0.717) is 16.6 Å². The van der Waals surface area contributed by atoms with Crippen LogP contribution >= 0.6 is 19.1 Å². The van der Waals surface area contributed by atoms with E-state index in [1.165, 1.54) is 11.3 Å². The third-order valence-electron chi connectivity index (χ3n) is 3.10. The van der Waals surface area contributed by atoms with E-state index in [1.807, 2.05) is 38.1 Å². The molecule has 3 rings (SSSR count). The van der Waals surface area contributed by atoms with Gasteiger partial charge in [-0.2, -0.15) is 0 Å². The van der Waals surface area contributed by atoms with Crippen LogP contribution in [0.4, 0.5) is 5.13 Å². The fourth-order valence-electron chi connectivity index (χ4n) is 2.08. The number of benzene rings is 2. The molecule has 0 unspecified atom stereocenters. The van der Waals surface area contributed by atoms with E-state index >= 15 is 0 Å². The first kappa shape index (κ1) is 16.6. The molecule has 1 N–H and O–H groups in total.